The maximum atomic E-state index is 8.79. The highest BCUT2D eigenvalue weighted by Gasteiger charge is 2.03. The Bertz CT molecular complexity index is 721. The first kappa shape index (κ1) is 15.3. The summed E-state index contributed by atoms with van der Waals surface area (Å²) in [4.78, 5) is 0. The second-order valence-electron chi connectivity index (χ2n) is 4.17. The van der Waals surface area contributed by atoms with Crippen molar-refractivity contribution in [1.82, 2.24) is 0 Å². The van der Waals surface area contributed by atoms with Crippen LogP contribution in [0.3, 0.4) is 0 Å². The van der Waals surface area contributed by atoms with Gasteiger partial charge in [0.15, 0.2) is 0 Å². The van der Waals surface area contributed by atoms with Crippen molar-refractivity contribution in [2.75, 3.05) is 5.88 Å². The molecule has 0 heterocycles. The Morgan fingerprint density at radius 1 is 1.05 bits per heavy atom. The van der Waals surface area contributed by atoms with Crippen molar-refractivity contribution < 1.29 is 4.74 Å². The number of hydrogen-bond donors (Lipinski definition) is 0. The number of nitrogens with zero attached hydrogens (tertiary/aromatic N) is 1. The lowest BCUT2D eigenvalue weighted by Gasteiger charge is -2.08. The van der Waals surface area contributed by atoms with Crippen LogP contribution in [-0.2, 0) is 6.61 Å². The van der Waals surface area contributed by atoms with E-state index in [0.717, 1.165) is 16.9 Å². The third-order valence-electron chi connectivity index (χ3n) is 2.73. The van der Waals surface area contributed by atoms with Crippen molar-refractivity contribution >= 4 is 23.2 Å². The zero-order chi connectivity index (χ0) is 15.1. The quantitative estimate of drug-likeness (QED) is 0.622. The molecule has 0 saturated heterocycles. The van der Waals surface area contributed by atoms with Gasteiger partial charge in [-0.2, -0.15) is 5.26 Å². The Morgan fingerprint density at radius 2 is 1.76 bits per heavy atom. The highest BCUT2D eigenvalue weighted by atomic mass is 35.5. The van der Waals surface area contributed by atoms with Crippen LogP contribution in [0.5, 0.6) is 5.75 Å². The van der Waals surface area contributed by atoms with Crippen LogP contribution in [0.4, 0.5) is 0 Å². The van der Waals surface area contributed by atoms with E-state index in [0.29, 0.717) is 23.1 Å². The van der Waals surface area contributed by atoms with Gasteiger partial charge in [0, 0.05) is 16.1 Å². The number of halogens is 2. The number of hydrogen-bond acceptors (Lipinski definition) is 2. The molecule has 0 saturated carbocycles. The van der Waals surface area contributed by atoms with E-state index < -0.39 is 0 Å². The summed E-state index contributed by atoms with van der Waals surface area (Å²) < 4.78 is 5.66. The molecule has 0 bridgehead atoms. The standard InChI is InChI=1S/C17H11Cl2NO/c18-9-1-2-13-4-7-16(8-5-13)21-12-15-6-3-14(11-20)10-17(15)19/h3-8,10H,9,12H2. The Morgan fingerprint density at radius 3 is 2.38 bits per heavy atom. The predicted octanol–water partition coefficient (Wildman–Crippen LogP) is 4.38. The minimum atomic E-state index is 0.315. The smallest absolute Gasteiger partial charge is 0.119 e. The van der Waals surface area contributed by atoms with Gasteiger partial charge in [0.2, 0.25) is 0 Å². The van der Waals surface area contributed by atoms with Crippen LogP contribution in [0.2, 0.25) is 5.02 Å². The van der Waals surface area contributed by atoms with Crippen LogP contribution in [0.25, 0.3) is 0 Å². The van der Waals surface area contributed by atoms with Crippen molar-refractivity contribution in [2.45, 2.75) is 6.61 Å². The Labute approximate surface area is 133 Å². The lowest BCUT2D eigenvalue weighted by Crippen LogP contribution is -1.96. The van der Waals surface area contributed by atoms with Crippen molar-refractivity contribution in [3.05, 3.63) is 64.2 Å². The monoisotopic (exact) mass is 315 g/mol. The Kier molecular flexibility index (Phi) is 5.52. The van der Waals surface area contributed by atoms with Gasteiger partial charge >= 0.3 is 0 Å². The average molecular weight is 316 g/mol. The van der Waals surface area contributed by atoms with E-state index in [-0.39, 0.29) is 0 Å². The van der Waals surface area contributed by atoms with Gasteiger partial charge in [-0.05, 0) is 36.4 Å². The molecular formula is C17H11Cl2NO. The molecule has 0 aliphatic heterocycles. The van der Waals surface area contributed by atoms with Crippen LogP contribution >= 0.6 is 23.2 Å². The highest BCUT2D eigenvalue weighted by Crippen LogP contribution is 2.20. The topological polar surface area (TPSA) is 33.0 Å². The summed E-state index contributed by atoms with van der Waals surface area (Å²) in [7, 11) is 0. The molecule has 0 aromatic heterocycles. The summed E-state index contributed by atoms with van der Waals surface area (Å²) in [6.45, 7) is 0.344. The van der Waals surface area contributed by atoms with Gasteiger partial charge in [0.25, 0.3) is 0 Å². The number of ether oxygens (including phenoxy) is 1. The molecule has 0 radical (unpaired) electrons. The van der Waals surface area contributed by atoms with E-state index >= 15 is 0 Å². The summed E-state index contributed by atoms with van der Waals surface area (Å²) in [6, 6.07) is 14.6. The molecule has 0 unspecified atom stereocenters. The van der Waals surface area contributed by atoms with Crippen molar-refractivity contribution in [2.24, 2.45) is 0 Å². The maximum Gasteiger partial charge on any atom is 0.119 e. The first-order chi connectivity index (χ1) is 10.2. The first-order valence-corrected chi connectivity index (χ1v) is 7.10. The van der Waals surface area contributed by atoms with Crippen LogP contribution in [0.1, 0.15) is 16.7 Å². The molecule has 2 aromatic carbocycles. The van der Waals surface area contributed by atoms with Gasteiger partial charge in [0.1, 0.15) is 12.4 Å². The largest absolute Gasteiger partial charge is 0.489 e. The van der Waals surface area contributed by atoms with Crippen LogP contribution < -0.4 is 4.74 Å². The van der Waals surface area contributed by atoms with Gasteiger partial charge in [-0.3, -0.25) is 0 Å². The molecule has 0 spiro atoms. The molecule has 4 heteroatoms. The summed E-state index contributed by atoms with van der Waals surface area (Å²) in [5.74, 6) is 6.76. The van der Waals surface area contributed by atoms with E-state index in [4.69, 9.17) is 33.2 Å². The molecule has 21 heavy (non-hydrogen) atoms. The van der Waals surface area contributed by atoms with Crippen LogP contribution in [0, 0.1) is 23.2 Å². The van der Waals surface area contributed by atoms with Gasteiger partial charge in [0.05, 0.1) is 17.5 Å². The van der Waals surface area contributed by atoms with E-state index in [1.165, 1.54) is 0 Å². The molecule has 2 rings (SSSR count). The zero-order valence-electron chi connectivity index (χ0n) is 11.1. The second-order valence-corrected chi connectivity index (χ2v) is 4.84. The number of nitriles is 1. The SMILES string of the molecule is N#Cc1ccc(COc2ccc(C#CCCl)cc2)c(Cl)c1. The summed E-state index contributed by atoms with van der Waals surface area (Å²) >= 11 is 11.6. The lowest BCUT2D eigenvalue weighted by molar-refractivity contribution is 0.306. The van der Waals surface area contributed by atoms with E-state index in [1.54, 1.807) is 18.2 Å². The highest BCUT2D eigenvalue weighted by molar-refractivity contribution is 6.31. The van der Waals surface area contributed by atoms with Crippen molar-refractivity contribution in [1.29, 1.82) is 5.26 Å². The Hall–Kier alpha value is -2.13. The molecule has 0 aliphatic rings. The van der Waals surface area contributed by atoms with Crippen molar-refractivity contribution in [3.63, 3.8) is 0 Å². The molecule has 2 aromatic rings. The van der Waals surface area contributed by atoms with Gasteiger partial charge in [-0.15, -0.1) is 11.6 Å². The van der Waals surface area contributed by atoms with Gasteiger partial charge in [-0.25, -0.2) is 0 Å². The van der Waals surface area contributed by atoms with Crippen molar-refractivity contribution in [3.8, 4) is 23.7 Å². The molecule has 0 atom stereocenters. The third-order valence-corrected chi connectivity index (χ3v) is 3.22. The summed E-state index contributed by atoms with van der Waals surface area (Å²) in [5.41, 5.74) is 2.26. The average Bonchev–Trinajstić information content (AvgIpc) is 2.52. The fourth-order valence-corrected chi connectivity index (χ4v) is 1.97. The van der Waals surface area contributed by atoms with Crippen LogP contribution in [-0.4, -0.2) is 5.88 Å². The molecule has 0 aliphatic carbocycles. The minimum Gasteiger partial charge on any atom is -0.489 e. The Balaban J connectivity index is 2.01. The third kappa shape index (κ3) is 4.43. The summed E-state index contributed by atoms with van der Waals surface area (Å²) in [5, 5.41) is 9.32. The number of rotatable bonds is 3. The molecule has 0 fully saturated rings. The number of alkyl halides is 1. The fourth-order valence-electron chi connectivity index (χ4n) is 1.66. The number of benzene rings is 2. The fraction of sp³-hybridized carbons (Fsp3) is 0.118. The molecule has 104 valence electrons. The molecule has 0 amide bonds. The zero-order valence-corrected chi connectivity index (χ0v) is 12.6. The van der Waals surface area contributed by atoms with E-state index in [2.05, 4.69) is 11.8 Å². The first-order valence-electron chi connectivity index (χ1n) is 6.19. The van der Waals surface area contributed by atoms with E-state index in [9.17, 15) is 0 Å². The summed E-state index contributed by atoms with van der Waals surface area (Å²) in [6.07, 6.45) is 0. The van der Waals surface area contributed by atoms with Gasteiger partial charge in [-0.1, -0.05) is 29.5 Å². The van der Waals surface area contributed by atoms with Crippen LogP contribution in [0.15, 0.2) is 42.5 Å². The second kappa shape index (κ2) is 7.60. The predicted molar refractivity (Wildman–Crippen MR) is 84.5 cm³/mol. The minimum absolute atomic E-state index is 0.315. The normalized spacial score (nSPS) is 9.38. The molecular weight excluding hydrogens is 305 g/mol. The maximum absolute atomic E-state index is 8.79. The molecule has 2 nitrogen and oxygen atoms in total. The van der Waals surface area contributed by atoms with Gasteiger partial charge < -0.3 is 4.74 Å². The lowest BCUT2D eigenvalue weighted by atomic mass is 10.1. The molecule has 0 N–H and O–H groups in total. The van der Waals surface area contributed by atoms with E-state index in [1.807, 2.05) is 30.3 Å².